The minimum atomic E-state index is 0.672. The summed E-state index contributed by atoms with van der Waals surface area (Å²) in [6.07, 6.45) is 4.19. The molecule has 0 aromatic heterocycles. The molecule has 16 heavy (non-hydrogen) atoms. The second kappa shape index (κ2) is 5.56. The van der Waals surface area contributed by atoms with Crippen LogP contribution in [0, 0.1) is 0 Å². The fraction of sp³-hybridized carbons (Fsp3) is 0.846. The lowest BCUT2D eigenvalue weighted by Gasteiger charge is -2.47. The molecule has 2 unspecified atom stereocenters. The third-order valence-electron chi connectivity index (χ3n) is 3.97. The van der Waals surface area contributed by atoms with E-state index in [4.69, 9.17) is 0 Å². The lowest BCUT2D eigenvalue weighted by Crippen LogP contribution is -2.58. The zero-order valence-corrected chi connectivity index (χ0v) is 11.3. The van der Waals surface area contributed by atoms with Crippen LogP contribution in [0.25, 0.3) is 0 Å². The van der Waals surface area contributed by atoms with Gasteiger partial charge in [-0.25, -0.2) is 0 Å². The Hall–Kier alpha value is 0.01000. The maximum absolute atomic E-state index is 4.30. The van der Waals surface area contributed by atoms with Gasteiger partial charge in [-0.05, 0) is 26.3 Å². The molecule has 0 N–H and O–H groups in total. The van der Waals surface area contributed by atoms with E-state index in [2.05, 4.69) is 35.9 Å². The topological polar surface area (TPSA) is 6.48 Å². The smallest absolute Gasteiger partial charge is 0.0224 e. The number of fused-ring (bicyclic) bond motifs is 1. The number of thiol groups is 1. The number of hydrogen-bond acceptors (Lipinski definition) is 3. The molecule has 0 saturated carbocycles. The molecule has 2 aliphatic rings. The van der Waals surface area contributed by atoms with Gasteiger partial charge in [-0.3, -0.25) is 9.80 Å². The molecule has 3 heteroatoms. The van der Waals surface area contributed by atoms with E-state index >= 15 is 0 Å². The zero-order chi connectivity index (χ0) is 11.5. The predicted molar refractivity (Wildman–Crippen MR) is 73.2 cm³/mol. The van der Waals surface area contributed by atoms with E-state index in [0.717, 1.165) is 18.3 Å². The van der Waals surface area contributed by atoms with Crippen LogP contribution in [-0.4, -0.2) is 53.8 Å². The standard InChI is InChI=1S/C13H24N2S/c1-11(10-16)7-15-9-13-5-3-4-6-14(13)8-12(15)2/h12-13,16H,1,3-10H2,2H3. The highest BCUT2D eigenvalue weighted by molar-refractivity contribution is 7.80. The summed E-state index contributed by atoms with van der Waals surface area (Å²) < 4.78 is 0. The van der Waals surface area contributed by atoms with Crippen molar-refractivity contribution in [1.82, 2.24) is 9.80 Å². The average Bonchev–Trinajstić information content (AvgIpc) is 2.30. The third kappa shape index (κ3) is 2.82. The number of piperazine rings is 1. The van der Waals surface area contributed by atoms with Crippen LogP contribution in [-0.2, 0) is 0 Å². The molecule has 2 rings (SSSR count). The minimum absolute atomic E-state index is 0.672. The van der Waals surface area contributed by atoms with Gasteiger partial charge in [0.2, 0.25) is 0 Å². The molecule has 2 nitrogen and oxygen atoms in total. The summed E-state index contributed by atoms with van der Waals surface area (Å²) in [6.45, 7) is 11.2. The molecule has 0 spiro atoms. The highest BCUT2D eigenvalue weighted by Crippen LogP contribution is 2.24. The van der Waals surface area contributed by atoms with Crippen LogP contribution in [0.3, 0.4) is 0 Å². The molecule has 2 aliphatic heterocycles. The van der Waals surface area contributed by atoms with E-state index in [9.17, 15) is 0 Å². The first-order valence-electron chi connectivity index (χ1n) is 6.46. The largest absolute Gasteiger partial charge is 0.298 e. The lowest BCUT2D eigenvalue weighted by atomic mass is 9.97. The Bertz CT molecular complexity index is 254. The number of nitrogens with zero attached hydrogens (tertiary/aromatic N) is 2. The van der Waals surface area contributed by atoms with Crippen LogP contribution < -0.4 is 0 Å². The Balaban J connectivity index is 1.92. The van der Waals surface area contributed by atoms with Crippen molar-refractivity contribution in [2.75, 3.05) is 31.9 Å². The van der Waals surface area contributed by atoms with E-state index in [-0.39, 0.29) is 0 Å². The molecule has 0 aromatic rings. The highest BCUT2D eigenvalue weighted by Gasteiger charge is 2.32. The van der Waals surface area contributed by atoms with E-state index in [1.54, 1.807) is 0 Å². The van der Waals surface area contributed by atoms with Gasteiger partial charge in [0.25, 0.3) is 0 Å². The maximum atomic E-state index is 4.30. The second-order valence-electron chi connectivity index (χ2n) is 5.33. The zero-order valence-electron chi connectivity index (χ0n) is 10.4. The summed E-state index contributed by atoms with van der Waals surface area (Å²) in [5.41, 5.74) is 1.25. The molecule has 0 aromatic carbocycles. The molecule has 0 amide bonds. The SMILES string of the molecule is C=C(CS)CN1CC2CCCCN2CC1C. The summed E-state index contributed by atoms with van der Waals surface area (Å²) in [5.74, 6) is 0.817. The van der Waals surface area contributed by atoms with Crippen LogP contribution in [0.1, 0.15) is 26.2 Å². The molecule has 0 bridgehead atoms. The molecule has 2 heterocycles. The minimum Gasteiger partial charge on any atom is -0.298 e. The van der Waals surface area contributed by atoms with Gasteiger partial charge in [0.05, 0.1) is 0 Å². The van der Waals surface area contributed by atoms with Crippen LogP contribution >= 0.6 is 12.6 Å². The van der Waals surface area contributed by atoms with Crippen LogP contribution in [0.5, 0.6) is 0 Å². The molecule has 92 valence electrons. The van der Waals surface area contributed by atoms with Crippen LogP contribution in [0.4, 0.5) is 0 Å². The summed E-state index contributed by atoms with van der Waals surface area (Å²) in [7, 11) is 0. The van der Waals surface area contributed by atoms with Gasteiger partial charge in [-0.15, -0.1) is 0 Å². The number of hydrogen-bond donors (Lipinski definition) is 1. The van der Waals surface area contributed by atoms with E-state index in [0.29, 0.717) is 6.04 Å². The maximum Gasteiger partial charge on any atom is 0.0224 e. The van der Waals surface area contributed by atoms with Gasteiger partial charge in [0, 0.05) is 37.5 Å². The van der Waals surface area contributed by atoms with Crippen molar-refractivity contribution in [2.45, 2.75) is 38.3 Å². The van der Waals surface area contributed by atoms with Crippen molar-refractivity contribution in [2.24, 2.45) is 0 Å². The Morgan fingerprint density at radius 2 is 2.19 bits per heavy atom. The van der Waals surface area contributed by atoms with Gasteiger partial charge in [0.1, 0.15) is 0 Å². The molecule has 0 radical (unpaired) electrons. The Morgan fingerprint density at radius 1 is 1.38 bits per heavy atom. The van der Waals surface area contributed by atoms with Gasteiger partial charge in [-0.2, -0.15) is 12.6 Å². The van der Waals surface area contributed by atoms with Crippen molar-refractivity contribution in [1.29, 1.82) is 0 Å². The number of piperidine rings is 1. The quantitative estimate of drug-likeness (QED) is 0.596. The molecular weight excluding hydrogens is 216 g/mol. The van der Waals surface area contributed by atoms with E-state index < -0.39 is 0 Å². The Morgan fingerprint density at radius 3 is 2.94 bits per heavy atom. The van der Waals surface area contributed by atoms with Crippen molar-refractivity contribution in [3.63, 3.8) is 0 Å². The van der Waals surface area contributed by atoms with Crippen molar-refractivity contribution in [3.05, 3.63) is 12.2 Å². The fourth-order valence-electron chi connectivity index (χ4n) is 2.97. The third-order valence-corrected chi connectivity index (χ3v) is 4.41. The molecular formula is C13H24N2S. The normalized spacial score (nSPS) is 32.4. The van der Waals surface area contributed by atoms with Crippen molar-refractivity contribution >= 4 is 12.6 Å². The summed E-state index contributed by atoms with van der Waals surface area (Å²) in [5, 5.41) is 0. The monoisotopic (exact) mass is 240 g/mol. The van der Waals surface area contributed by atoms with Gasteiger partial charge >= 0.3 is 0 Å². The summed E-state index contributed by atoms with van der Waals surface area (Å²) in [4.78, 5) is 5.28. The fourth-order valence-corrected chi connectivity index (χ4v) is 3.07. The highest BCUT2D eigenvalue weighted by atomic mass is 32.1. The van der Waals surface area contributed by atoms with E-state index in [1.807, 2.05) is 0 Å². The van der Waals surface area contributed by atoms with Crippen molar-refractivity contribution in [3.8, 4) is 0 Å². The lowest BCUT2D eigenvalue weighted by molar-refractivity contribution is 0.0204. The first-order chi connectivity index (χ1) is 7.70. The van der Waals surface area contributed by atoms with Crippen molar-refractivity contribution < 1.29 is 0 Å². The second-order valence-corrected chi connectivity index (χ2v) is 5.65. The first-order valence-corrected chi connectivity index (χ1v) is 7.09. The average molecular weight is 240 g/mol. The summed E-state index contributed by atoms with van der Waals surface area (Å²) >= 11 is 4.30. The van der Waals surface area contributed by atoms with Crippen LogP contribution in [0.2, 0.25) is 0 Å². The van der Waals surface area contributed by atoms with Gasteiger partial charge in [-0.1, -0.05) is 18.6 Å². The first kappa shape index (κ1) is 12.5. The Kier molecular flexibility index (Phi) is 4.34. The number of rotatable bonds is 3. The molecule has 0 aliphatic carbocycles. The van der Waals surface area contributed by atoms with Crippen LogP contribution in [0.15, 0.2) is 12.2 Å². The molecule has 2 atom stereocenters. The van der Waals surface area contributed by atoms with Gasteiger partial charge in [0.15, 0.2) is 0 Å². The predicted octanol–water partition coefficient (Wildman–Crippen LogP) is 2.03. The molecule has 2 fully saturated rings. The van der Waals surface area contributed by atoms with E-state index in [1.165, 1.54) is 44.5 Å². The Labute approximate surface area is 105 Å². The molecule has 2 saturated heterocycles. The summed E-state index contributed by atoms with van der Waals surface area (Å²) in [6, 6.07) is 1.48. The van der Waals surface area contributed by atoms with Gasteiger partial charge < -0.3 is 0 Å².